The van der Waals surface area contributed by atoms with Crippen LogP contribution in [0.4, 0.5) is 0 Å². The van der Waals surface area contributed by atoms with E-state index in [9.17, 15) is 0 Å². The van der Waals surface area contributed by atoms with Gasteiger partial charge in [-0.2, -0.15) is 0 Å². The molecule has 1 N–H and O–H groups in total. The Balaban J connectivity index is 2.57. The summed E-state index contributed by atoms with van der Waals surface area (Å²) in [6, 6.07) is 9.25. The van der Waals surface area contributed by atoms with Crippen LogP contribution in [0.15, 0.2) is 24.3 Å². The Morgan fingerprint density at radius 1 is 1.32 bits per heavy atom. The fourth-order valence-corrected chi connectivity index (χ4v) is 2.45. The average molecular weight is 283 g/mol. The van der Waals surface area contributed by atoms with E-state index in [0.717, 1.165) is 18.1 Å². The van der Waals surface area contributed by atoms with Crippen LogP contribution in [0.2, 0.25) is 5.02 Å². The number of nitrogens with one attached hydrogen (secondary N) is 1. The molecule has 0 aliphatic carbocycles. The second-order valence-corrected chi connectivity index (χ2v) is 5.99. The van der Waals surface area contributed by atoms with Gasteiger partial charge in [-0.05, 0) is 31.2 Å². The van der Waals surface area contributed by atoms with Crippen molar-refractivity contribution in [1.29, 1.82) is 0 Å². The van der Waals surface area contributed by atoms with Gasteiger partial charge in [-0.3, -0.25) is 4.90 Å². The van der Waals surface area contributed by atoms with Gasteiger partial charge in [0, 0.05) is 30.2 Å². The number of nitrogens with zero attached hydrogens (tertiary/aromatic N) is 1. The van der Waals surface area contributed by atoms with Crippen molar-refractivity contribution in [3.63, 3.8) is 0 Å². The van der Waals surface area contributed by atoms with Crippen molar-refractivity contribution in [2.45, 2.75) is 52.2 Å². The molecule has 0 heterocycles. The Morgan fingerprint density at radius 3 is 2.63 bits per heavy atom. The molecule has 0 spiro atoms. The van der Waals surface area contributed by atoms with E-state index in [0.29, 0.717) is 12.1 Å². The van der Waals surface area contributed by atoms with Crippen molar-refractivity contribution in [3.8, 4) is 0 Å². The summed E-state index contributed by atoms with van der Waals surface area (Å²) in [6.07, 6.45) is 2.43. The maximum absolute atomic E-state index is 6.04. The fourth-order valence-electron chi connectivity index (χ4n) is 2.24. The van der Waals surface area contributed by atoms with Gasteiger partial charge in [-0.1, -0.05) is 50.9 Å². The van der Waals surface area contributed by atoms with Crippen molar-refractivity contribution >= 4 is 11.6 Å². The highest BCUT2D eigenvalue weighted by Crippen LogP contribution is 2.14. The highest BCUT2D eigenvalue weighted by Gasteiger charge is 2.14. The topological polar surface area (TPSA) is 15.3 Å². The molecule has 1 rings (SSSR count). The summed E-state index contributed by atoms with van der Waals surface area (Å²) >= 11 is 6.04. The maximum atomic E-state index is 6.04. The van der Waals surface area contributed by atoms with Gasteiger partial charge in [-0.15, -0.1) is 0 Å². The van der Waals surface area contributed by atoms with E-state index in [1.165, 1.54) is 18.4 Å². The van der Waals surface area contributed by atoms with E-state index < -0.39 is 0 Å². The predicted molar refractivity (Wildman–Crippen MR) is 84.8 cm³/mol. The van der Waals surface area contributed by atoms with Crippen molar-refractivity contribution in [2.75, 3.05) is 13.6 Å². The highest BCUT2D eigenvalue weighted by atomic mass is 35.5. The smallest absolute Gasteiger partial charge is 0.0409 e. The fraction of sp³-hybridized carbons (Fsp3) is 0.625. The first-order chi connectivity index (χ1) is 9.02. The molecule has 3 heteroatoms. The minimum Gasteiger partial charge on any atom is -0.313 e. The van der Waals surface area contributed by atoms with Crippen LogP contribution in [0, 0.1) is 0 Å². The van der Waals surface area contributed by atoms with Crippen molar-refractivity contribution in [1.82, 2.24) is 10.2 Å². The number of rotatable bonds is 8. The van der Waals surface area contributed by atoms with Gasteiger partial charge in [0.2, 0.25) is 0 Å². The average Bonchev–Trinajstić information content (AvgIpc) is 2.34. The molecule has 0 saturated carbocycles. The number of benzene rings is 1. The lowest BCUT2D eigenvalue weighted by Crippen LogP contribution is -2.41. The number of likely N-dealkylation sites (N-methyl/N-ethyl adjacent to an activating group) is 1. The maximum Gasteiger partial charge on any atom is 0.0409 e. The van der Waals surface area contributed by atoms with E-state index in [1.807, 2.05) is 12.1 Å². The van der Waals surface area contributed by atoms with Crippen molar-refractivity contribution < 1.29 is 0 Å². The molecule has 0 saturated heterocycles. The molecule has 2 nitrogen and oxygen atoms in total. The first-order valence-electron chi connectivity index (χ1n) is 7.21. The zero-order valence-corrected chi connectivity index (χ0v) is 13.4. The summed E-state index contributed by atoms with van der Waals surface area (Å²) in [5.74, 6) is 0. The molecule has 1 aromatic rings. The lowest BCUT2D eigenvalue weighted by atomic mass is 10.1. The second-order valence-electron chi connectivity index (χ2n) is 5.55. The van der Waals surface area contributed by atoms with Crippen LogP contribution >= 0.6 is 11.6 Å². The lowest BCUT2D eigenvalue weighted by Gasteiger charge is -2.29. The monoisotopic (exact) mass is 282 g/mol. The molecule has 0 bridgehead atoms. The molecule has 0 aromatic heterocycles. The summed E-state index contributed by atoms with van der Waals surface area (Å²) in [5.41, 5.74) is 1.28. The third kappa shape index (κ3) is 6.42. The SMILES string of the molecule is CCCC(CNC(C)C)N(C)Cc1cccc(Cl)c1. The molecule has 0 aliphatic heterocycles. The first kappa shape index (κ1) is 16.5. The molecule has 1 aromatic carbocycles. The van der Waals surface area contributed by atoms with E-state index >= 15 is 0 Å². The molecule has 1 atom stereocenters. The Labute approximate surface area is 123 Å². The largest absolute Gasteiger partial charge is 0.313 e. The molecule has 0 fully saturated rings. The Bertz CT molecular complexity index is 366. The number of halogens is 1. The molecule has 19 heavy (non-hydrogen) atoms. The Kier molecular flexibility index (Phi) is 7.44. The highest BCUT2D eigenvalue weighted by molar-refractivity contribution is 6.30. The van der Waals surface area contributed by atoms with E-state index in [-0.39, 0.29) is 0 Å². The van der Waals surface area contributed by atoms with Crippen molar-refractivity contribution in [3.05, 3.63) is 34.9 Å². The quantitative estimate of drug-likeness (QED) is 0.777. The molecular weight excluding hydrogens is 256 g/mol. The predicted octanol–water partition coefficient (Wildman–Crippen LogP) is 3.94. The standard InChI is InChI=1S/C16H27ClN2/c1-5-7-16(11-18-13(2)3)19(4)12-14-8-6-9-15(17)10-14/h6,8-10,13,16,18H,5,7,11-12H2,1-4H3. The van der Waals surface area contributed by atoms with Crippen LogP contribution < -0.4 is 5.32 Å². The third-order valence-corrected chi connectivity index (χ3v) is 3.56. The van der Waals surface area contributed by atoms with Crippen LogP contribution in [0.25, 0.3) is 0 Å². The Hall–Kier alpha value is -0.570. The summed E-state index contributed by atoms with van der Waals surface area (Å²) in [7, 11) is 2.20. The third-order valence-electron chi connectivity index (χ3n) is 3.33. The molecule has 0 amide bonds. The second kappa shape index (κ2) is 8.57. The number of hydrogen-bond donors (Lipinski definition) is 1. The summed E-state index contributed by atoms with van der Waals surface area (Å²) in [6.45, 7) is 8.63. The molecule has 0 radical (unpaired) electrons. The van der Waals surface area contributed by atoms with Gasteiger partial charge in [-0.25, -0.2) is 0 Å². The van der Waals surface area contributed by atoms with Crippen LogP contribution in [-0.4, -0.2) is 30.6 Å². The van der Waals surface area contributed by atoms with Crippen LogP contribution in [0.1, 0.15) is 39.2 Å². The van der Waals surface area contributed by atoms with Crippen LogP contribution in [0.5, 0.6) is 0 Å². The van der Waals surface area contributed by atoms with Gasteiger partial charge < -0.3 is 5.32 Å². The van der Waals surface area contributed by atoms with E-state index in [4.69, 9.17) is 11.6 Å². The van der Waals surface area contributed by atoms with Crippen molar-refractivity contribution in [2.24, 2.45) is 0 Å². The lowest BCUT2D eigenvalue weighted by molar-refractivity contribution is 0.211. The minimum atomic E-state index is 0.541. The number of hydrogen-bond acceptors (Lipinski definition) is 2. The normalized spacial score (nSPS) is 13.2. The first-order valence-corrected chi connectivity index (χ1v) is 7.58. The summed E-state index contributed by atoms with van der Waals surface area (Å²) in [4.78, 5) is 2.42. The zero-order valence-electron chi connectivity index (χ0n) is 12.6. The summed E-state index contributed by atoms with van der Waals surface area (Å²) < 4.78 is 0. The van der Waals surface area contributed by atoms with Gasteiger partial charge in [0.1, 0.15) is 0 Å². The Morgan fingerprint density at radius 2 is 2.05 bits per heavy atom. The van der Waals surface area contributed by atoms with Crippen LogP contribution in [-0.2, 0) is 6.54 Å². The molecule has 0 aliphatic rings. The van der Waals surface area contributed by atoms with Gasteiger partial charge in [0.15, 0.2) is 0 Å². The van der Waals surface area contributed by atoms with Gasteiger partial charge in [0.05, 0.1) is 0 Å². The van der Waals surface area contributed by atoms with E-state index in [2.05, 4.69) is 50.2 Å². The van der Waals surface area contributed by atoms with Crippen LogP contribution in [0.3, 0.4) is 0 Å². The molecular formula is C16H27ClN2. The molecule has 108 valence electrons. The van der Waals surface area contributed by atoms with Gasteiger partial charge >= 0.3 is 0 Å². The van der Waals surface area contributed by atoms with Gasteiger partial charge in [0.25, 0.3) is 0 Å². The molecule has 1 unspecified atom stereocenters. The van der Waals surface area contributed by atoms with E-state index in [1.54, 1.807) is 0 Å². The summed E-state index contributed by atoms with van der Waals surface area (Å²) in [5, 5.41) is 4.36. The zero-order chi connectivity index (χ0) is 14.3. The minimum absolute atomic E-state index is 0.541.